The molecule has 0 amide bonds. The van der Waals surface area contributed by atoms with Gasteiger partial charge in [0.05, 0.1) is 12.2 Å². The van der Waals surface area contributed by atoms with Gasteiger partial charge in [0.2, 0.25) is 0 Å². The highest BCUT2D eigenvalue weighted by molar-refractivity contribution is 5.71. The van der Waals surface area contributed by atoms with Crippen LogP contribution >= 0.6 is 0 Å². The molecule has 1 aromatic carbocycles. The van der Waals surface area contributed by atoms with E-state index in [-0.39, 0.29) is 12.2 Å². The molecule has 0 aliphatic carbocycles. The number of rotatable bonds is 3. The summed E-state index contributed by atoms with van der Waals surface area (Å²) < 4.78 is 5.80. The van der Waals surface area contributed by atoms with Gasteiger partial charge in [0, 0.05) is 0 Å². The summed E-state index contributed by atoms with van der Waals surface area (Å²) >= 11 is 0. The van der Waals surface area contributed by atoms with Crippen molar-refractivity contribution >= 4 is 5.57 Å². The van der Waals surface area contributed by atoms with Crippen LogP contribution in [0.3, 0.4) is 0 Å². The van der Waals surface area contributed by atoms with Crippen molar-refractivity contribution in [3.8, 4) is 0 Å². The van der Waals surface area contributed by atoms with E-state index in [0.717, 1.165) is 6.42 Å². The van der Waals surface area contributed by atoms with Crippen LogP contribution in [0.5, 0.6) is 0 Å². The summed E-state index contributed by atoms with van der Waals surface area (Å²) in [6.07, 6.45) is 2.48. The number of ether oxygens (including phenoxy) is 1. The van der Waals surface area contributed by atoms with Gasteiger partial charge in [0.1, 0.15) is 6.10 Å². The zero-order valence-corrected chi connectivity index (χ0v) is 9.76. The lowest BCUT2D eigenvalue weighted by molar-refractivity contribution is -0.0120. The van der Waals surface area contributed by atoms with E-state index in [1.807, 2.05) is 24.3 Å². The normalized spacial score (nSPS) is 26.6. The Morgan fingerprint density at radius 1 is 1.31 bits per heavy atom. The molecule has 1 heterocycles. The standard InChI is InChI=1S/C14H18O2/c1-3-13-12(9-14(16-13)10(2)15)11-7-5-4-6-8-11/h4-10,13-15H,3H2,1-2H3/t10-,13+,14?/m1/s1. The Morgan fingerprint density at radius 2 is 2.00 bits per heavy atom. The lowest BCUT2D eigenvalue weighted by Crippen LogP contribution is -2.23. The first-order valence-corrected chi connectivity index (χ1v) is 5.83. The minimum Gasteiger partial charge on any atom is -0.390 e. The van der Waals surface area contributed by atoms with Crippen LogP contribution in [0, 0.1) is 0 Å². The minimum atomic E-state index is -0.449. The molecule has 16 heavy (non-hydrogen) atoms. The second kappa shape index (κ2) is 4.81. The summed E-state index contributed by atoms with van der Waals surface area (Å²) in [4.78, 5) is 0. The number of benzene rings is 1. The van der Waals surface area contributed by atoms with E-state index in [0.29, 0.717) is 0 Å². The van der Waals surface area contributed by atoms with Crippen LogP contribution in [0.4, 0.5) is 0 Å². The van der Waals surface area contributed by atoms with Crippen molar-refractivity contribution in [1.29, 1.82) is 0 Å². The summed E-state index contributed by atoms with van der Waals surface area (Å²) in [5.41, 5.74) is 2.39. The monoisotopic (exact) mass is 218 g/mol. The highest BCUT2D eigenvalue weighted by Crippen LogP contribution is 2.31. The topological polar surface area (TPSA) is 29.5 Å². The number of aliphatic hydroxyl groups excluding tert-OH is 1. The molecule has 2 rings (SSSR count). The third-order valence-electron chi connectivity index (χ3n) is 2.97. The first-order valence-electron chi connectivity index (χ1n) is 5.83. The molecule has 1 aliphatic heterocycles. The second-order valence-electron chi connectivity index (χ2n) is 4.23. The summed E-state index contributed by atoms with van der Waals surface area (Å²) in [6, 6.07) is 10.2. The highest BCUT2D eigenvalue weighted by atomic mass is 16.5. The zero-order valence-electron chi connectivity index (χ0n) is 9.76. The molecule has 0 radical (unpaired) electrons. The van der Waals surface area contributed by atoms with E-state index in [9.17, 15) is 5.11 Å². The summed E-state index contributed by atoms with van der Waals surface area (Å²) in [5, 5.41) is 9.56. The molecule has 3 atom stereocenters. The van der Waals surface area contributed by atoms with Gasteiger partial charge in [-0.2, -0.15) is 0 Å². The second-order valence-corrected chi connectivity index (χ2v) is 4.23. The van der Waals surface area contributed by atoms with Gasteiger partial charge in [-0.05, 0) is 30.6 Å². The first-order chi connectivity index (χ1) is 7.72. The molecule has 1 unspecified atom stereocenters. The molecule has 0 bridgehead atoms. The molecule has 1 aromatic rings. The van der Waals surface area contributed by atoms with Gasteiger partial charge in [-0.3, -0.25) is 0 Å². The van der Waals surface area contributed by atoms with Gasteiger partial charge in [0.15, 0.2) is 0 Å². The zero-order chi connectivity index (χ0) is 11.5. The number of aliphatic hydroxyl groups is 1. The maximum absolute atomic E-state index is 9.56. The molecular weight excluding hydrogens is 200 g/mol. The van der Waals surface area contributed by atoms with Gasteiger partial charge < -0.3 is 9.84 Å². The van der Waals surface area contributed by atoms with E-state index < -0.39 is 6.10 Å². The Hall–Kier alpha value is -1.12. The van der Waals surface area contributed by atoms with E-state index in [2.05, 4.69) is 19.1 Å². The Labute approximate surface area is 96.6 Å². The van der Waals surface area contributed by atoms with Crippen molar-refractivity contribution in [3.63, 3.8) is 0 Å². The van der Waals surface area contributed by atoms with Gasteiger partial charge in [-0.1, -0.05) is 37.3 Å². The predicted octanol–water partition coefficient (Wildman–Crippen LogP) is 2.63. The van der Waals surface area contributed by atoms with Crippen LogP contribution in [0.2, 0.25) is 0 Å². The number of hydrogen-bond acceptors (Lipinski definition) is 2. The SMILES string of the molecule is CC[C@@H]1OC([C@@H](C)O)C=C1c1ccccc1. The van der Waals surface area contributed by atoms with Crippen molar-refractivity contribution in [2.24, 2.45) is 0 Å². The maximum Gasteiger partial charge on any atom is 0.103 e. The predicted molar refractivity (Wildman–Crippen MR) is 65.1 cm³/mol. The van der Waals surface area contributed by atoms with E-state index >= 15 is 0 Å². The van der Waals surface area contributed by atoms with Gasteiger partial charge in [-0.15, -0.1) is 0 Å². The highest BCUT2D eigenvalue weighted by Gasteiger charge is 2.28. The Balaban J connectivity index is 2.27. The molecule has 1 N–H and O–H groups in total. The van der Waals surface area contributed by atoms with Crippen LogP contribution in [0.1, 0.15) is 25.8 Å². The molecule has 0 fully saturated rings. The molecule has 0 aromatic heterocycles. The average molecular weight is 218 g/mol. The van der Waals surface area contributed by atoms with E-state index in [4.69, 9.17) is 4.74 Å². The Bertz CT molecular complexity index is 368. The van der Waals surface area contributed by atoms with Gasteiger partial charge >= 0.3 is 0 Å². The van der Waals surface area contributed by atoms with Crippen LogP contribution in [0.15, 0.2) is 36.4 Å². The fourth-order valence-electron chi connectivity index (χ4n) is 2.07. The van der Waals surface area contributed by atoms with Crippen LogP contribution in [-0.4, -0.2) is 23.4 Å². The lowest BCUT2D eigenvalue weighted by atomic mass is 9.99. The summed E-state index contributed by atoms with van der Waals surface area (Å²) in [5.74, 6) is 0. The lowest BCUT2D eigenvalue weighted by Gasteiger charge is -2.16. The van der Waals surface area contributed by atoms with Gasteiger partial charge in [-0.25, -0.2) is 0 Å². The van der Waals surface area contributed by atoms with Crippen molar-refractivity contribution in [2.75, 3.05) is 0 Å². The third kappa shape index (κ3) is 2.18. The molecule has 86 valence electrons. The van der Waals surface area contributed by atoms with Gasteiger partial charge in [0.25, 0.3) is 0 Å². The minimum absolute atomic E-state index is 0.113. The van der Waals surface area contributed by atoms with E-state index in [1.54, 1.807) is 6.92 Å². The maximum atomic E-state index is 9.56. The quantitative estimate of drug-likeness (QED) is 0.845. The average Bonchev–Trinajstić information content (AvgIpc) is 2.74. The molecule has 1 aliphatic rings. The number of hydrogen-bond donors (Lipinski definition) is 1. The third-order valence-corrected chi connectivity index (χ3v) is 2.97. The Morgan fingerprint density at radius 3 is 2.56 bits per heavy atom. The molecule has 2 heteroatoms. The molecule has 2 nitrogen and oxygen atoms in total. The molecular formula is C14H18O2. The summed E-state index contributed by atoms with van der Waals surface area (Å²) in [6.45, 7) is 3.87. The van der Waals surface area contributed by atoms with Crippen molar-refractivity contribution in [3.05, 3.63) is 42.0 Å². The van der Waals surface area contributed by atoms with Crippen molar-refractivity contribution in [1.82, 2.24) is 0 Å². The largest absolute Gasteiger partial charge is 0.390 e. The first kappa shape index (κ1) is 11.4. The van der Waals surface area contributed by atoms with Crippen LogP contribution < -0.4 is 0 Å². The summed E-state index contributed by atoms with van der Waals surface area (Å²) in [7, 11) is 0. The van der Waals surface area contributed by atoms with Crippen molar-refractivity contribution < 1.29 is 9.84 Å². The fourth-order valence-corrected chi connectivity index (χ4v) is 2.07. The molecule has 0 saturated heterocycles. The fraction of sp³-hybridized carbons (Fsp3) is 0.429. The molecule has 0 spiro atoms. The van der Waals surface area contributed by atoms with Crippen LogP contribution in [-0.2, 0) is 4.74 Å². The molecule has 0 saturated carbocycles. The smallest absolute Gasteiger partial charge is 0.103 e. The Kier molecular flexibility index (Phi) is 3.42. The van der Waals surface area contributed by atoms with Crippen molar-refractivity contribution in [2.45, 2.75) is 38.6 Å². The van der Waals surface area contributed by atoms with E-state index in [1.165, 1.54) is 11.1 Å². The van der Waals surface area contributed by atoms with Crippen LogP contribution in [0.25, 0.3) is 5.57 Å².